The molecule has 0 radical (unpaired) electrons. The zero-order valence-electron chi connectivity index (χ0n) is 9.91. The first-order valence-electron chi connectivity index (χ1n) is 5.74. The fraction of sp³-hybridized carbons (Fsp3) is 0.545. The van der Waals surface area contributed by atoms with E-state index in [0.29, 0.717) is 12.2 Å². The molecule has 1 fully saturated rings. The Labute approximate surface area is 106 Å². The number of nitrogens with zero attached hydrogens (tertiary/aromatic N) is 1. The van der Waals surface area contributed by atoms with Gasteiger partial charge in [0.1, 0.15) is 5.76 Å². The van der Waals surface area contributed by atoms with Crippen molar-refractivity contribution < 1.29 is 17.6 Å². The maximum Gasteiger partial charge on any atom is 0.236 e. The average molecular weight is 272 g/mol. The van der Waals surface area contributed by atoms with Crippen LogP contribution >= 0.6 is 0 Å². The van der Waals surface area contributed by atoms with E-state index in [4.69, 9.17) is 10.2 Å². The van der Waals surface area contributed by atoms with Crippen molar-refractivity contribution >= 4 is 15.7 Å². The summed E-state index contributed by atoms with van der Waals surface area (Å²) in [4.78, 5) is 13.3. The van der Waals surface area contributed by atoms with E-state index in [0.717, 1.165) is 0 Å². The second kappa shape index (κ2) is 5.11. The Hall–Kier alpha value is -1.34. The first-order valence-corrected chi connectivity index (χ1v) is 7.56. The molecule has 1 saturated heterocycles. The molecule has 1 aromatic heterocycles. The largest absolute Gasteiger partial charge is 0.467 e. The zero-order chi connectivity index (χ0) is 13.2. The summed E-state index contributed by atoms with van der Waals surface area (Å²) >= 11 is 0. The third kappa shape index (κ3) is 2.91. The number of carbonyl (C=O) groups excluding carboxylic acids is 1. The summed E-state index contributed by atoms with van der Waals surface area (Å²) in [5.74, 6) is 0.512. The fourth-order valence-corrected chi connectivity index (χ4v) is 3.86. The normalized spacial score (nSPS) is 21.9. The van der Waals surface area contributed by atoms with Gasteiger partial charge in [-0.1, -0.05) is 0 Å². The van der Waals surface area contributed by atoms with Crippen molar-refractivity contribution in [3.05, 3.63) is 24.2 Å². The van der Waals surface area contributed by atoms with Crippen LogP contribution in [0.15, 0.2) is 22.8 Å². The van der Waals surface area contributed by atoms with Gasteiger partial charge in [-0.15, -0.1) is 0 Å². The lowest BCUT2D eigenvalue weighted by atomic mass is 10.2. The highest BCUT2D eigenvalue weighted by Gasteiger charge is 2.34. The first kappa shape index (κ1) is 13.1. The van der Waals surface area contributed by atoms with Crippen molar-refractivity contribution in [3.63, 3.8) is 0 Å². The van der Waals surface area contributed by atoms with Crippen LogP contribution in [-0.2, 0) is 21.2 Å². The number of rotatable bonds is 4. The Balaban J connectivity index is 2.13. The van der Waals surface area contributed by atoms with E-state index in [-0.39, 0.29) is 36.5 Å². The quantitative estimate of drug-likeness (QED) is 0.816. The van der Waals surface area contributed by atoms with Crippen molar-refractivity contribution in [3.8, 4) is 0 Å². The molecule has 0 saturated carbocycles. The molecule has 1 aliphatic heterocycles. The van der Waals surface area contributed by atoms with E-state index in [1.807, 2.05) is 0 Å². The molecule has 1 atom stereocenters. The topological polar surface area (TPSA) is 93.6 Å². The lowest BCUT2D eigenvalue weighted by molar-refractivity contribution is -0.132. The molecule has 18 heavy (non-hydrogen) atoms. The van der Waals surface area contributed by atoms with Crippen LogP contribution in [0.2, 0.25) is 0 Å². The first-order chi connectivity index (χ1) is 8.52. The number of sulfone groups is 1. The highest BCUT2D eigenvalue weighted by Crippen LogP contribution is 2.20. The number of hydrogen-bond acceptors (Lipinski definition) is 5. The fourth-order valence-electron chi connectivity index (χ4n) is 2.13. The predicted octanol–water partition coefficient (Wildman–Crippen LogP) is -0.246. The van der Waals surface area contributed by atoms with Crippen molar-refractivity contribution in [2.75, 3.05) is 18.1 Å². The Bertz CT molecular complexity index is 509. The molecule has 0 aliphatic carbocycles. The minimum atomic E-state index is -3.03. The third-order valence-corrected chi connectivity index (χ3v) is 4.80. The van der Waals surface area contributed by atoms with Gasteiger partial charge in [0.15, 0.2) is 9.84 Å². The molecule has 7 heteroatoms. The second-order valence-electron chi connectivity index (χ2n) is 4.36. The van der Waals surface area contributed by atoms with Crippen molar-refractivity contribution in [2.24, 2.45) is 5.73 Å². The smallest absolute Gasteiger partial charge is 0.236 e. The summed E-state index contributed by atoms with van der Waals surface area (Å²) in [6, 6.07) is 3.18. The molecular weight excluding hydrogens is 256 g/mol. The maximum absolute atomic E-state index is 11.8. The van der Waals surface area contributed by atoms with Crippen molar-refractivity contribution in [2.45, 2.75) is 19.0 Å². The van der Waals surface area contributed by atoms with Crippen LogP contribution in [-0.4, -0.2) is 43.3 Å². The van der Waals surface area contributed by atoms with Crippen LogP contribution in [0.4, 0.5) is 0 Å². The van der Waals surface area contributed by atoms with Gasteiger partial charge in [0, 0.05) is 6.04 Å². The average Bonchev–Trinajstić information content (AvgIpc) is 2.94. The van der Waals surface area contributed by atoms with Crippen LogP contribution in [0, 0.1) is 0 Å². The molecule has 1 unspecified atom stereocenters. The molecule has 1 aromatic rings. The summed E-state index contributed by atoms with van der Waals surface area (Å²) in [6.07, 6.45) is 1.99. The molecule has 0 spiro atoms. The van der Waals surface area contributed by atoms with Crippen molar-refractivity contribution in [1.82, 2.24) is 4.90 Å². The molecule has 2 heterocycles. The molecule has 100 valence electrons. The Morgan fingerprint density at radius 3 is 2.83 bits per heavy atom. The number of carbonyl (C=O) groups is 1. The summed E-state index contributed by atoms with van der Waals surface area (Å²) < 4.78 is 28.1. The molecule has 0 aromatic carbocycles. The summed E-state index contributed by atoms with van der Waals surface area (Å²) in [5.41, 5.74) is 5.37. The van der Waals surface area contributed by atoms with Crippen LogP contribution in [0.25, 0.3) is 0 Å². The van der Waals surface area contributed by atoms with Gasteiger partial charge in [-0.3, -0.25) is 4.79 Å². The van der Waals surface area contributed by atoms with Crippen LogP contribution in [0.1, 0.15) is 12.2 Å². The minimum Gasteiger partial charge on any atom is -0.467 e. The molecule has 1 amide bonds. The van der Waals surface area contributed by atoms with Crippen LogP contribution in [0.3, 0.4) is 0 Å². The summed E-state index contributed by atoms with van der Waals surface area (Å²) in [5, 5.41) is 0. The number of amides is 1. The predicted molar refractivity (Wildman–Crippen MR) is 65.4 cm³/mol. The van der Waals surface area contributed by atoms with E-state index in [1.54, 1.807) is 12.1 Å². The Morgan fingerprint density at radius 2 is 2.33 bits per heavy atom. The van der Waals surface area contributed by atoms with Gasteiger partial charge in [-0.2, -0.15) is 0 Å². The zero-order valence-corrected chi connectivity index (χ0v) is 10.7. The third-order valence-electron chi connectivity index (χ3n) is 3.05. The maximum atomic E-state index is 11.8. The SMILES string of the molecule is NCC(=O)N(Cc1ccco1)C1CCS(=O)(=O)C1. The van der Waals surface area contributed by atoms with E-state index < -0.39 is 9.84 Å². The van der Waals surface area contributed by atoms with E-state index >= 15 is 0 Å². The monoisotopic (exact) mass is 272 g/mol. The van der Waals surface area contributed by atoms with Crippen LogP contribution in [0.5, 0.6) is 0 Å². The van der Waals surface area contributed by atoms with Crippen LogP contribution < -0.4 is 5.73 Å². The number of hydrogen-bond donors (Lipinski definition) is 1. The van der Waals surface area contributed by atoms with E-state index in [2.05, 4.69) is 0 Å². The van der Waals surface area contributed by atoms with Gasteiger partial charge in [-0.05, 0) is 18.6 Å². The molecular formula is C11H16N2O4S. The van der Waals surface area contributed by atoms with Crippen molar-refractivity contribution in [1.29, 1.82) is 0 Å². The highest BCUT2D eigenvalue weighted by molar-refractivity contribution is 7.91. The molecule has 0 bridgehead atoms. The van der Waals surface area contributed by atoms with Gasteiger partial charge < -0.3 is 15.1 Å². The lowest BCUT2D eigenvalue weighted by Crippen LogP contribution is -2.43. The summed E-state index contributed by atoms with van der Waals surface area (Å²) in [7, 11) is -3.03. The van der Waals surface area contributed by atoms with Gasteiger partial charge in [-0.25, -0.2) is 8.42 Å². The van der Waals surface area contributed by atoms with E-state index in [9.17, 15) is 13.2 Å². The molecule has 2 rings (SSSR count). The lowest BCUT2D eigenvalue weighted by Gasteiger charge is -2.26. The number of furan rings is 1. The minimum absolute atomic E-state index is 0.0133. The van der Waals surface area contributed by atoms with Gasteiger partial charge in [0.05, 0.1) is 30.9 Å². The second-order valence-corrected chi connectivity index (χ2v) is 6.59. The van der Waals surface area contributed by atoms with E-state index in [1.165, 1.54) is 11.2 Å². The molecule has 1 aliphatic rings. The number of nitrogens with two attached hydrogens (primary N) is 1. The summed E-state index contributed by atoms with van der Waals surface area (Å²) in [6.45, 7) is 0.139. The Kier molecular flexibility index (Phi) is 3.72. The standard InChI is InChI=1S/C11H16N2O4S/c12-6-11(14)13(7-10-2-1-4-17-10)9-3-5-18(15,16)8-9/h1-2,4,9H,3,5-8,12H2. The van der Waals surface area contributed by atoms with Gasteiger partial charge in [0.2, 0.25) is 5.91 Å². The molecule has 2 N–H and O–H groups in total. The molecule has 6 nitrogen and oxygen atoms in total. The van der Waals surface area contributed by atoms with Gasteiger partial charge in [0.25, 0.3) is 0 Å². The highest BCUT2D eigenvalue weighted by atomic mass is 32.2. The Morgan fingerprint density at radius 1 is 1.56 bits per heavy atom. The van der Waals surface area contributed by atoms with Gasteiger partial charge >= 0.3 is 0 Å².